The summed E-state index contributed by atoms with van der Waals surface area (Å²) in [7, 11) is 3.70. The lowest BCUT2D eigenvalue weighted by molar-refractivity contribution is -0.146. The molecule has 0 saturated carbocycles. The SMILES string of the molecule is COC(=O)[C@H]1CN(C)C[C@H](C)C(=O)OB([C@H](CC(C)C)NC(=O)[C@@H](NC(=O)c2cccc(-c3ccccc3)n2)[C@@H](C)O)N1C. The predicted molar refractivity (Wildman–Crippen MR) is 166 cm³/mol. The zero-order valence-electron chi connectivity index (χ0n) is 26.5. The Morgan fingerprint density at radius 2 is 1.75 bits per heavy atom. The summed E-state index contributed by atoms with van der Waals surface area (Å²) < 4.78 is 11.0. The van der Waals surface area contributed by atoms with Crippen LogP contribution in [0.2, 0.25) is 0 Å². The van der Waals surface area contributed by atoms with Gasteiger partial charge in [-0.2, -0.15) is 0 Å². The molecule has 3 N–H and O–H groups in total. The molecule has 44 heavy (non-hydrogen) atoms. The van der Waals surface area contributed by atoms with Gasteiger partial charge in [0.15, 0.2) is 0 Å². The van der Waals surface area contributed by atoms with Gasteiger partial charge in [0.1, 0.15) is 17.8 Å². The lowest BCUT2D eigenvalue weighted by Crippen LogP contribution is -2.64. The van der Waals surface area contributed by atoms with Crippen molar-refractivity contribution >= 4 is 30.8 Å². The number of nitrogens with one attached hydrogen (secondary N) is 2. The Labute approximate surface area is 259 Å². The number of carbonyl (C=O) groups excluding carboxylic acids is 4. The molecule has 1 saturated heterocycles. The fraction of sp³-hybridized carbons (Fsp3) is 0.516. The fourth-order valence-corrected chi connectivity index (χ4v) is 5.26. The van der Waals surface area contributed by atoms with Crippen LogP contribution in [0.5, 0.6) is 0 Å². The van der Waals surface area contributed by atoms with Gasteiger partial charge < -0.3 is 30.0 Å². The second kappa shape index (κ2) is 15.8. The molecule has 0 aliphatic carbocycles. The first-order valence-electron chi connectivity index (χ1n) is 14.8. The summed E-state index contributed by atoms with van der Waals surface area (Å²) in [5, 5.41) is 16.1. The van der Waals surface area contributed by atoms with E-state index >= 15 is 0 Å². The quantitative estimate of drug-likeness (QED) is 0.266. The number of hydrogen-bond acceptors (Lipinski definition) is 10. The van der Waals surface area contributed by atoms with Crippen LogP contribution in [0.1, 0.15) is 44.6 Å². The average Bonchev–Trinajstić information content (AvgIpc) is 3.03. The molecule has 5 atom stereocenters. The Morgan fingerprint density at radius 3 is 2.36 bits per heavy atom. The van der Waals surface area contributed by atoms with Gasteiger partial charge in [0.25, 0.3) is 11.9 Å². The van der Waals surface area contributed by atoms with Crippen molar-refractivity contribution in [2.45, 2.75) is 58.2 Å². The number of likely N-dealkylation sites (N-methyl/N-ethyl adjacent to an activating group) is 2. The van der Waals surface area contributed by atoms with Crippen LogP contribution in [0, 0.1) is 11.8 Å². The van der Waals surface area contributed by atoms with E-state index in [4.69, 9.17) is 9.39 Å². The number of aromatic nitrogens is 1. The van der Waals surface area contributed by atoms with E-state index < -0.39 is 60.9 Å². The zero-order valence-corrected chi connectivity index (χ0v) is 26.5. The maximum absolute atomic E-state index is 13.7. The van der Waals surface area contributed by atoms with Gasteiger partial charge in [-0.05, 0) is 45.5 Å². The zero-order chi connectivity index (χ0) is 32.6. The average molecular weight is 610 g/mol. The van der Waals surface area contributed by atoms with Crippen molar-refractivity contribution in [2.24, 2.45) is 11.8 Å². The van der Waals surface area contributed by atoms with Gasteiger partial charge in [0.05, 0.1) is 30.8 Å². The number of aliphatic hydroxyl groups excluding tert-OH is 1. The number of rotatable bonds is 10. The van der Waals surface area contributed by atoms with Gasteiger partial charge in [-0.25, -0.2) is 4.98 Å². The van der Waals surface area contributed by atoms with Gasteiger partial charge in [0.2, 0.25) is 5.91 Å². The first-order chi connectivity index (χ1) is 20.8. The number of nitrogens with zero attached hydrogens (tertiary/aromatic N) is 3. The molecule has 2 aromatic rings. The first kappa shape index (κ1) is 34.7. The van der Waals surface area contributed by atoms with Gasteiger partial charge in [-0.1, -0.05) is 57.2 Å². The van der Waals surface area contributed by atoms with Crippen LogP contribution in [-0.4, -0.2) is 109 Å². The van der Waals surface area contributed by atoms with Crippen molar-refractivity contribution in [3.8, 4) is 11.3 Å². The summed E-state index contributed by atoms with van der Waals surface area (Å²) in [4.78, 5) is 60.8. The number of aliphatic hydroxyl groups is 1. The molecule has 1 aromatic heterocycles. The van der Waals surface area contributed by atoms with E-state index in [1.54, 1.807) is 30.9 Å². The van der Waals surface area contributed by atoms with Crippen LogP contribution in [0.3, 0.4) is 0 Å². The number of carbonyl (C=O) groups is 4. The Morgan fingerprint density at radius 1 is 1.07 bits per heavy atom. The summed E-state index contributed by atoms with van der Waals surface area (Å²) in [6.45, 7) is 7.67. The van der Waals surface area contributed by atoms with Crippen molar-refractivity contribution in [2.75, 3.05) is 34.3 Å². The fourth-order valence-electron chi connectivity index (χ4n) is 5.26. The molecule has 1 aromatic carbocycles. The first-order valence-corrected chi connectivity index (χ1v) is 14.8. The topological polar surface area (TPSA) is 150 Å². The van der Waals surface area contributed by atoms with Crippen molar-refractivity contribution in [3.63, 3.8) is 0 Å². The maximum atomic E-state index is 13.7. The number of methoxy groups -OCH3 is 1. The molecule has 0 unspecified atom stereocenters. The number of hydrogen-bond donors (Lipinski definition) is 3. The van der Waals surface area contributed by atoms with Crippen LogP contribution < -0.4 is 10.6 Å². The van der Waals surface area contributed by atoms with E-state index in [0.717, 1.165) is 5.56 Å². The largest absolute Gasteiger partial charge is 0.518 e. The Bertz CT molecular complexity index is 1300. The van der Waals surface area contributed by atoms with E-state index in [0.29, 0.717) is 18.7 Å². The van der Waals surface area contributed by atoms with Gasteiger partial charge in [0, 0.05) is 18.7 Å². The molecule has 2 amide bonds. The maximum Gasteiger partial charge on any atom is 0.475 e. The normalized spacial score (nSPS) is 20.4. The van der Waals surface area contributed by atoms with Crippen LogP contribution in [0.4, 0.5) is 0 Å². The number of esters is 1. The van der Waals surface area contributed by atoms with E-state index in [-0.39, 0.29) is 18.2 Å². The van der Waals surface area contributed by atoms with E-state index in [2.05, 4.69) is 15.6 Å². The molecular weight excluding hydrogens is 565 g/mol. The minimum atomic E-state index is -1.35. The standard InChI is InChI=1S/C31H44BN5O7/c1-19(2)16-26(32-37(6)25(31(42)43-7)18-36(5)17-20(3)30(41)44-32)34-29(40)27(21(4)38)35-28(39)24-15-11-14-23(33-24)22-12-9-8-10-13-22/h8-15,19-21,25-27,38H,16-18H2,1-7H3,(H,34,40)(H,35,39)/t20-,21+,25+,26-,27-/m0/s1. The molecule has 2 heterocycles. The van der Waals surface area contributed by atoms with Crippen LogP contribution in [0.25, 0.3) is 11.3 Å². The molecule has 13 heteroatoms. The van der Waals surface area contributed by atoms with Crippen LogP contribution >= 0.6 is 0 Å². The summed E-state index contributed by atoms with van der Waals surface area (Å²) >= 11 is 0. The number of ether oxygens (including phenoxy) is 1. The van der Waals surface area contributed by atoms with Gasteiger partial charge >= 0.3 is 13.0 Å². The highest BCUT2D eigenvalue weighted by Crippen LogP contribution is 2.20. The Balaban J connectivity index is 1.88. The van der Waals surface area contributed by atoms with E-state index in [1.807, 2.05) is 56.1 Å². The molecule has 12 nitrogen and oxygen atoms in total. The third kappa shape index (κ3) is 9.10. The number of pyridine rings is 1. The highest BCUT2D eigenvalue weighted by Gasteiger charge is 2.45. The molecule has 1 fully saturated rings. The van der Waals surface area contributed by atoms with Gasteiger partial charge in [-0.3, -0.25) is 24.0 Å². The van der Waals surface area contributed by atoms with Crippen molar-refractivity contribution in [1.82, 2.24) is 25.3 Å². The highest BCUT2D eigenvalue weighted by atomic mass is 16.5. The van der Waals surface area contributed by atoms with Gasteiger partial charge in [-0.15, -0.1) is 0 Å². The molecule has 0 spiro atoms. The third-order valence-corrected chi connectivity index (χ3v) is 7.58. The van der Waals surface area contributed by atoms with Crippen LogP contribution in [-0.2, 0) is 23.8 Å². The minimum Gasteiger partial charge on any atom is -0.518 e. The summed E-state index contributed by atoms with van der Waals surface area (Å²) in [6.07, 6.45) is -0.902. The van der Waals surface area contributed by atoms with Crippen LogP contribution in [0.15, 0.2) is 48.5 Å². The summed E-state index contributed by atoms with van der Waals surface area (Å²) in [5.41, 5.74) is 1.48. The molecule has 1 aliphatic rings. The smallest absolute Gasteiger partial charge is 0.475 e. The van der Waals surface area contributed by atoms with E-state index in [1.165, 1.54) is 20.1 Å². The second-order valence-corrected chi connectivity index (χ2v) is 11.9. The lowest BCUT2D eigenvalue weighted by atomic mass is 9.66. The lowest BCUT2D eigenvalue weighted by Gasteiger charge is -2.36. The molecule has 0 bridgehead atoms. The second-order valence-electron chi connectivity index (χ2n) is 11.9. The monoisotopic (exact) mass is 609 g/mol. The Kier molecular flexibility index (Phi) is 12.4. The number of amides is 2. The minimum absolute atomic E-state index is 0.0428. The molecule has 238 valence electrons. The summed E-state index contributed by atoms with van der Waals surface area (Å²) in [6, 6.07) is 12.2. The van der Waals surface area contributed by atoms with E-state index in [9.17, 15) is 24.3 Å². The number of benzene rings is 1. The third-order valence-electron chi connectivity index (χ3n) is 7.58. The predicted octanol–water partition coefficient (Wildman–Crippen LogP) is 1.38. The van der Waals surface area contributed by atoms with Crippen molar-refractivity contribution < 1.29 is 33.7 Å². The molecule has 0 radical (unpaired) electrons. The highest BCUT2D eigenvalue weighted by molar-refractivity contribution is 6.53. The molecule has 1 aliphatic heterocycles. The summed E-state index contributed by atoms with van der Waals surface area (Å²) in [5.74, 6) is -3.56. The van der Waals surface area contributed by atoms with Crippen molar-refractivity contribution in [1.29, 1.82) is 0 Å². The van der Waals surface area contributed by atoms with Crippen molar-refractivity contribution in [3.05, 3.63) is 54.2 Å². The molecule has 3 rings (SSSR count). The Hall–Kier alpha value is -3.81. The molecular formula is C31H44BN5O7.